The maximum atomic E-state index is 12.7. The molecule has 2 rings (SSSR count). The standard InChI is InChI=1S/C15H21N3O4S/c1-12(11-16)17-6-8-18(9-7-17)23(19,20)13-4-5-14(21-2)15(10-13)22-3/h4-5,10,12H,6-9H2,1-3H3/t12-/m0/s1. The molecule has 1 saturated heterocycles. The van der Waals surface area contributed by atoms with Crippen LogP contribution >= 0.6 is 0 Å². The van der Waals surface area contributed by atoms with Crippen molar-refractivity contribution in [3.63, 3.8) is 0 Å². The van der Waals surface area contributed by atoms with Crippen molar-refractivity contribution in [3.8, 4) is 17.6 Å². The van der Waals surface area contributed by atoms with Crippen LogP contribution in [0.1, 0.15) is 6.92 Å². The molecule has 1 aromatic carbocycles. The Hall–Kier alpha value is -1.82. The summed E-state index contributed by atoms with van der Waals surface area (Å²) in [6.07, 6.45) is 0. The molecular weight excluding hydrogens is 318 g/mol. The molecule has 1 aromatic rings. The summed E-state index contributed by atoms with van der Waals surface area (Å²) < 4.78 is 37.2. The number of piperazine rings is 1. The first-order valence-corrected chi connectivity index (χ1v) is 8.74. The van der Waals surface area contributed by atoms with E-state index in [4.69, 9.17) is 14.7 Å². The molecule has 0 aliphatic carbocycles. The van der Waals surface area contributed by atoms with Gasteiger partial charge >= 0.3 is 0 Å². The molecule has 0 radical (unpaired) electrons. The van der Waals surface area contributed by atoms with Crippen molar-refractivity contribution in [1.82, 2.24) is 9.21 Å². The fourth-order valence-electron chi connectivity index (χ4n) is 2.54. The Labute approximate surface area is 137 Å². The van der Waals surface area contributed by atoms with Crippen LogP contribution < -0.4 is 9.47 Å². The Bertz CT molecular complexity index is 691. The molecule has 0 amide bonds. The molecule has 0 N–H and O–H groups in total. The van der Waals surface area contributed by atoms with E-state index in [1.54, 1.807) is 6.07 Å². The van der Waals surface area contributed by atoms with Gasteiger partial charge in [0.2, 0.25) is 10.0 Å². The molecular formula is C15H21N3O4S. The van der Waals surface area contributed by atoms with Gasteiger partial charge in [0.25, 0.3) is 0 Å². The van der Waals surface area contributed by atoms with Gasteiger partial charge in [-0.05, 0) is 19.1 Å². The molecule has 8 heteroatoms. The summed E-state index contributed by atoms with van der Waals surface area (Å²) in [5, 5.41) is 8.95. The maximum absolute atomic E-state index is 12.7. The van der Waals surface area contributed by atoms with E-state index in [-0.39, 0.29) is 10.9 Å². The predicted molar refractivity (Wildman–Crippen MR) is 85.0 cm³/mol. The molecule has 126 valence electrons. The van der Waals surface area contributed by atoms with Crippen molar-refractivity contribution >= 4 is 10.0 Å². The summed E-state index contributed by atoms with van der Waals surface area (Å²) in [6, 6.07) is 6.54. The van der Waals surface area contributed by atoms with Gasteiger partial charge in [0, 0.05) is 32.2 Å². The van der Waals surface area contributed by atoms with E-state index in [2.05, 4.69) is 6.07 Å². The maximum Gasteiger partial charge on any atom is 0.243 e. The Morgan fingerprint density at radius 1 is 1.13 bits per heavy atom. The number of hydrogen-bond acceptors (Lipinski definition) is 6. The number of sulfonamides is 1. The Morgan fingerprint density at radius 3 is 2.26 bits per heavy atom. The van der Waals surface area contributed by atoms with Crippen molar-refractivity contribution in [2.24, 2.45) is 0 Å². The summed E-state index contributed by atoms with van der Waals surface area (Å²) in [7, 11) is -0.617. The van der Waals surface area contributed by atoms with Crippen LogP contribution in [0, 0.1) is 11.3 Å². The number of ether oxygens (including phenoxy) is 2. The van der Waals surface area contributed by atoms with Gasteiger partial charge < -0.3 is 9.47 Å². The molecule has 1 atom stereocenters. The third kappa shape index (κ3) is 3.58. The molecule has 0 aromatic heterocycles. The second kappa shape index (κ2) is 7.17. The minimum Gasteiger partial charge on any atom is -0.493 e. The quantitative estimate of drug-likeness (QED) is 0.793. The van der Waals surface area contributed by atoms with E-state index in [0.717, 1.165) is 0 Å². The van der Waals surface area contributed by atoms with Crippen molar-refractivity contribution in [2.45, 2.75) is 17.9 Å². The highest BCUT2D eigenvalue weighted by Gasteiger charge is 2.30. The lowest BCUT2D eigenvalue weighted by Crippen LogP contribution is -2.50. The van der Waals surface area contributed by atoms with Crippen LogP contribution in [-0.4, -0.2) is 64.1 Å². The fourth-order valence-corrected chi connectivity index (χ4v) is 3.98. The fraction of sp³-hybridized carbons (Fsp3) is 0.533. The van der Waals surface area contributed by atoms with Gasteiger partial charge in [0.05, 0.1) is 31.2 Å². The Kier molecular flexibility index (Phi) is 5.46. The van der Waals surface area contributed by atoms with E-state index in [9.17, 15) is 8.42 Å². The molecule has 7 nitrogen and oxygen atoms in total. The van der Waals surface area contributed by atoms with Crippen LogP contribution in [0.25, 0.3) is 0 Å². The normalized spacial score (nSPS) is 18.2. The largest absolute Gasteiger partial charge is 0.493 e. The first-order chi connectivity index (χ1) is 10.9. The van der Waals surface area contributed by atoms with Gasteiger partial charge in [-0.2, -0.15) is 9.57 Å². The molecule has 0 unspecified atom stereocenters. The van der Waals surface area contributed by atoms with E-state index >= 15 is 0 Å². The monoisotopic (exact) mass is 339 g/mol. The van der Waals surface area contributed by atoms with Gasteiger partial charge in [0.1, 0.15) is 0 Å². The number of rotatable bonds is 5. The number of nitriles is 1. The molecule has 0 bridgehead atoms. The second-order valence-corrected chi connectivity index (χ2v) is 7.20. The van der Waals surface area contributed by atoms with Gasteiger partial charge in [-0.1, -0.05) is 0 Å². The van der Waals surface area contributed by atoms with Crippen molar-refractivity contribution in [2.75, 3.05) is 40.4 Å². The first kappa shape index (κ1) is 17.5. The minimum absolute atomic E-state index is 0.178. The van der Waals surface area contributed by atoms with Crippen LogP contribution in [0.5, 0.6) is 11.5 Å². The molecule has 0 saturated carbocycles. The highest BCUT2D eigenvalue weighted by molar-refractivity contribution is 7.89. The zero-order chi connectivity index (χ0) is 17.0. The SMILES string of the molecule is COc1ccc(S(=O)(=O)N2CCN([C@@H](C)C#N)CC2)cc1OC. The van der Waals surface area contributed by atoms with Crippen molar-refractivity contribution in [3.05, 3.63) is 18.2 Å². The van der Waals surface area contributed by atoms with E-state index < -0.39 is 10.0 Å². The molecule has 0 spiro atoms. The van der Waals surface area contributed by atoms with Gasteiger partial charge in [0.15, 0.2) is 11.5 Å². The molecule has 1 fully saturated rings. The number of methoxy groups -OCH3 is 2. The lowest BCUT2D eigenvalue weighted by Gasteiger charge is -2.35. The lowest BCUT2D eigenvalue weighted by atomic mass is 10.2. The average Bonchev–Trinajstić information content (AvgIpc) is 2.60. The zero-order valence-electron chi connectivity index (χ0n) is 13.5. The highest BCUT2D eigenvalue weighted by Crippen LogP contribution is 2.30. The smallest absolute Gasteiger partial charge is 0.243 e. The van der Waals surface area contributed by atoms with Crippen LogP contribution in [0.4, 0.5) is 0 Å². The van der Waals surface area contributed by atoms with Crippen LogP contribution in [0.15, 0.2) is 23.1 Å². The Morgan fingerprint density at radius 2 is 1.74 bits per heavy atom. The first-order valence-electron chi connectivity index (χ1n) is 7.30. The van der Waals surface area contributed by atoms with Crippen molar-refractivity contribution in [1.29, 1.82) is 5.26 Å². The summed E-state index contributed by atoms with van der Waals surface area (Å²) in [6.45, 7) is 3.63. The highest BCUT2D eigenvalue weighted by atomic mass is 32.2. The van der Waals surface area contributed by atoms with Crippen molar-refractivity contribution < 1.29 is 17.9 Å². The number of nitrogens with zero attached hydrogens (tertiary/aromatic N) is 3. The number of benzene rings is 1. The Balaban J connectivity index is 2.19. The third-order valence-electron chi connectivity index (χ3n) is 4.00. The molecule has 1 heterocycles. The average molecular weight is 339 g/mol. The summed E-state index contributed by atoms with van der Waals surface area (Å²) in [4.78, 5) is 2.15. The van der Waals surface area contributed by atoms with Crippen LogP contribution in [0.3, 0.4) is 0 Å². The van der Waals surface area contributed by atoms with Gasteiger partial charge in [-0.25, -0.2) is 8.42 Å². The van der Waals surface area contributed by atoms with Crippen LogP contribution in [0.2, 0.25) is 0 Å². The summed E-state index contributed by atoms with van der Waals surface area (Å²) >= 11 is 0. The third-order valence-corrected chi connectivity index (χ3v) is 5.90. The topological polar surface area (TPSA) is 82.9 Å². The summed E-state index contributed by atoms with van der Waals surface area (Å²) in [5.74, 6) is 0.865. The minimum atomic E-state index is -3.59. The lowest BCUT2D eigenvalue weighted by molar-refractivity contribution is 0.169. The molecule has 1 aliphatic heterocycles. The summed E-state index contributed by atoms with van der Waals surface area (Å²) in [5.41, 5.74) is 0. The van der Waals surface area contributed by atoms with Gasteiger partial charge in [-0.3, -0.25) is 4.90 Å². The zero-order valence-corrected chi connectivity index (χ0v) is 14.3. The predicted octanol–water partition coefficient (Wildman–Crippen LogP) is 0.922. The number of hydrogen-bond donors (Lipinski definition) is 0. The molecule has 1 aliphatic rings. The van der Waals surface area contributed by atoms with Crippen LogP contribution in [-0.2, 0) is 10.0 Å². The molecule has 23 heavy (non-hydrogen) atoms. The van der Waals surface area contributed by atoms with Gasteiger partial charge in [-0.15, -0.1) is 0 Å². The van der Waals surface area contributed by atoms with E-state index in [0.29, 0.717) is 37.7 Å². The van der Waals surface area contributed by atoms with E-state index in [1.807, 2.05) is 11.8 Å². The van der Waals surface area contributed by atoms with E-state index in [1.165, 1.54) is 30.7 Å². The second-order valence-electron chi connectivity index (χ2n) is 5.26.